The lowest BCUT2D eigenvalue weighted by molar-refractivity contribution is -0.121. The Balaban J connectivity index is 2.67. The maximum absolute atomic E-state index is 11.2. The van der Waals surface area contributed by atoms with Gasteiger partial charge < -0.3 is 13.3 Å². The zero-order valence-corrected chi connectivity index (χ0v) is 11.6. The molecule has 0 heterocycles. The van der Waals surface area contributed by atoms with E-state index in [0.717, 1.165) is 12.8 Å². The monoisotopic (exact) mass is 246 g/mol. The summed E-state index contributed by atoms with van der Waals surface area (Å²) in [6.45, 7) is 2.11. The smallest absolute Gasteiger partial charge is 0.377 e. The zero-order valence-electron chi connectivity index (χ0n) is 10.6. The van der Waals surface area contributed by atoms with E-state index in [4.69, 9.17) is 13.3 Å². The Morgan fingerprint density at radius 1 is 1.12 bits per heavy atom. The van der Waals surface area contributed by atoms with Crippen LogP contribution in [0.4, 0.5) is 0 Å². The number of hydrogen-bond acceptors (Lipinski definition) is 4. The van der Waals surface area contributed by atoms with Gasteiger partial charge in [0.2, 0.25) is 0 Å². The standard InChI is InChI=1S/C11H22O4Si/c1-9(16(13-2,14-3)15-4)10-5-7-11(12)8-6-10/h9-10H,5-8H2,1-4H3. The van der Waals surface area contributed by atoms with Crippen LogP contribution >= 0.6 is 0 Å². The van der Waals surface area contributed by atoms with E-state index in [0.29, 0.717) is 24.5 Å². The maximum atomic E-state index is 11.2. The van der Waals surface area contributed by atoms with Crippen molar-refractivity contribution in [3.63, 3.8) is 0 Å². The van der Waals surface area contributed by atoms with Crippen molar-refractivity contribution in [3.05, 3.63) is 0 Å². The number of carbonyl (C=O) groups is 1. The molecule has 0 aromatic heterocycles. The third kappa shape index (κ3) is 2.71. The molecular weight excluding hydrogens is 224 g/mol. The highest BCUT2D eigenvalue weighted by atomic mass is 28.4. The van der Waals surface area contributed by atoms with Crippen molar-refractivity contribution in [2.75, 3.05) is 21.3 Å². The summed E-state index contributed by atoms with van der Waals surface area (Å²) in [6.07, 6.45) is 3.25. The van der Waals surface area contributed by atoms with Gasteiger partial charge in [-0.05, 0) is 18.8 Å². The second-order valence-corrected chi connectivity index (χ2v) is 7.72. The van der Waals surface area contributed by atoms with Crippen molar-refractivity contribution >= 4 is 14.6 Å². The molecule has 16 heavy (non-hydrogen) atoms. The lowest BCUT2D eigenvalue weighted by Gasteiger charge is -2.36. The highest BCUT2D eigenvalue weighted by Gasteiger charge is 2.48. The van der Waals surface area contributed by atoms with Crippen LogP contribution in [0.25, 0.3) is 0 Å². The third-order valence-corrected chi connectivity index (χ3v) is 7.00. The molecule has 0 N–H and O–H groups in total. The Labute approximate surface area is 98.6 Å². The molecule has 0 spiro atoms. The van der Waals surface area contributed by atoms with Gasteiger partial charge >= 0.3 is 8.80 Å². The van der Waals surface area contributed by atoms with Gasteiger partial charge in [-0.25, -0.2) is 0 Å². The molecular formula is C11H22O4Si. The van der Waals surface area contributed by atoms with Gasteiger partial charge in [-0.3, -0.25) is 4.79 Å². The van der Waals surface area contributed by atoms with Crippen LogP contribution in [0, 0.1) is 5.92 Å². The molecule has 0 amide bonds. The maximum Gasteiger partial charge on any atom is 0.503 e. The van der Waals surface area contributed by atoms with E-state index in [1.54, 1.807) is 21.3 Å². The molecule has 94 valence electrons. The van der Waals surface area contributed by atoms with Crippen molar-refractivity contribution in [3.8, 4) is 0 Å². The van der Waals surface area contributed by atoms with Crippen LogP contribution in [0.2, 0.25) is 5.54 Å². The fourth-order valence-corrected chi connectivity index (χ4v) is 5.08. The van der Waals surface area contributed by atoms with E-state index >= 15 is 0 Å². The van der Waals surface area contributed by atoms with Crippen molar-refractivity contribution < 1.29 is 18.1 Å². The van der Waals surface area contributed by atoms with Crippen molar-refractivity contribution in [1.29, 1.82) is 0 Å². The topological polar surface area (TPSA) is 44.8 Å². The predicted octanol–water partition coefficient (Wildman–Crippen LogP) is 2.01. The first-order chi connectivity index (χ1) is 7.59. The van der Waals surface area contributed by atoms with Crippen LogP contribution in [-0.4, -0.2) is 35.9 Å². The number of rotatable bonds is 5. The Hall–Kier alpha value is -0.233. The average Bonchev–Trinajstić information content (AvgIpc) is 2.33. The van der Waals surface area contributed by atoms with Crippen molar-refractivity contribution in [1.82, 2.24) is 0 Å². The van der Waals surface area contributed by atoms with Crippen molar-refractivity contribution in [2.45, 2.75) is 38.1 Å². The van der Waals surface area contributed by atoms with Gasteiger partial charge in [-0.15, -0.1) is 0 Å². The fourth-order valence-electron chi connectivity index (χ4n) is 2.56. The van der Waals surface area contributed by atoms with Crippen LogP contribution in [-0.2, 0) is 18.1 Å². The molecule has 1 unspecified atom stereocenters. The summed E-state index contributed by atoms with van der Waals surface area (Å²) >= 11 is 0. The van der Waals surface area contributed by atoms with E-state index in [-0.39, 0.29) is 5.54 Å². The summed E-state index contributed by atoms with van der Waals surface area (Å²) in [5.41, 5.74) is 0.251. The summed E-state index contributed by atoms with van der Waals surface area (Å²) < 4.78 is 16.5. The SMILES string of the molecule is CO[Si](OC)(OC)C(C)C1CCC(=O)CC1. The fraction of sp³-hybridized carbons (Fsp3) is 0.909. The van der Waals surface area contributed by atoms with Crippen LogP contribution in [0.5, 0.6) is 0 Å². The number of ketones is 1. The van der Waals surface area contributed by atoms with Crippen molar-refractivity contribution in [2.24, 2.45) is 5.92 Å². The van der Waals surface area contributed by atoms with Gasteiger partial charge in [-0.1, -0.05) is 6.92 Å². The highest BCUT2D eigenvalue weighted by Crippen LogP contribution is 2.38. The second-order valence-electron chi connectivity index (χ2n) is 4.38. The Bertz CT molecular complexity index is 222. The van der Waals surface area contributed by atoms with E-state index in [1.807, 2.05) is 0 Å². The first-order valence-electron chi connectivity index (χ1n) is 5.76. The van der Waals surface area contributed by atoms with E-state index in [9.17, 15) is 4.79 Å². The molecule has 0 radical (unpaired) electrons. The predicted molar refractivity (Wildman–Crippen MR) is 63.2 cm³/mol. The van der Waals surface area contributed by atoms with Gasteiger partial charge in [-0.2, -0.15) is 0 Å². The largest absolute Gasteiger partial charge is 0.503 e. The summed E-state index contributed by atoms with van der Waals surface area (Å²) in [7, 11) is 2.39. The number of carbonyl (C=O) groups excluding carboxylic acids is 1. The Morgan fingerprint density at radius 3 is 1.94 bits per heavy atom. The molecule has 0 saturated heterocycles. The van der Waals surface area contributed by atoms with Crippen LogP contribution in [0.15, 0.2) is 0 Å². The van der Waals surface area contributed by atoms with Gasteiger partial charge in [0.1, 0.15) is 5.78 Å². The first-order valence-corrected chi connectivity index (χ1v) is 7.57. The van der Waals surface area contributed by atoms with Gasteiger partial charge in [0.15, 0.2) is 0 Å². The lowest BCUT2D eigenvalue weighted by Crippen LogP contribution is -2.49. The summed E-state index contributed by atoms with van der Waals surface area (Å²) in [6, 6.07) is 0. The quantitative estimate of drug-likeness (QED) is 0.696. The van der Waals surface area contributed by atoms with Gasteiger partial charge in [0, 0.05) is 39.7 Å². The molecule has 4 nitrogen and oxygen atoms in total. The van der Waals surface area contributed by atoms with Crippen LogP contribution in [0.3, 0.4) is 0 Å². The molecule has 0 bridgehead atoms. The normalized spacial score (nSPS) is 21.1. The van der Waals surface area contributed by atoms with E-state index < -0.39 is 8.80 Å². The molecule has 1 rings (SSSR count). The molecule has 0 aromatic rings. The molecule has 0 aliphatic heterocycles. The molecule has 1 saturated carbocycles. The molecule has 1 aliphatic rings. The van der Waals surface area contributed by atoms with Crippen LogP contribution < -0.4 is 0 Å². The first kappa shape index (κ1) is 13.8. The second kappa shape index (κ2) is 5.91. The molecule has 1 fully saturated rings. The molecule has 1 aliphatic carbocycles. The minimum Gasteiger partial charge on any atom is -0.377 e. The minimum absolute atomic E-state index is 0.251. The van der Waals surface area contributed by atoms with Gasteiger partial charge in [0.05, 0.1) is 0 Å². The van der Waals surface area contributed by atoms with Crippen LogP contribution in [0.1, 0.15) is 32.6 Å². The summed E-state index contributed by atoms with van der Waals surface area (Å²) in [5.74, 6) is 0.854. The molecule has 0 aromatic carbocycles. The number of Topliss-reactive ketones (excluding diaryl/α,β-unsaturated/α-hetero) is 1. The summed E-state index contributed by atoms with van der Waals surface area (Å²) in [4.78, 5) is 11.2. The molecule has 5 heteroatoms. The summed E-state index contributed by atoms with van der Waals surface area (Å²) in [5, 5.41) is 0. The molecule has 1 atom stereocenters. The zero-order chi connectivity index (χ0) is 12.2. The van der Waals surface area contributed by atoms with E-state index in [1.165, 1.54) is 0 Å². The minimum atomic E-state index is -2.54. The number of hydrogen-bond donors (Lipinski definition) is 0. The average molecular weight is 246 g/mol. The Morgan fingerprint density at radius 2 is 1.56 bits per heavy atom. The third-order valence-electron chi connectivity index (χ3n) is 3.71. The Kier molecular flexibility index (Phi) is 5.11. The lowest BCUT2D eigenvalue weighted by atomic mass is 9.86. The van der Waals surface area contributed by atoms with E-state index in [2.05, 4.69) is 6.92 Å². The highest BCUT2D eigenvalue weighted by molar-refractivity contribution is 6.62. The van der Waals surface area contributed by atoms with Gasteiger partial charge in [0.25, 0.3) is 0 Å².